The van der Waals surface area contributed by atoms with Crippen molar-refractivity contribution in [1.29, 1.82) is 0 Å². The number of nitrogens with one attached hydrogen (secondary N) is 2. The highest BCUT2D eigenvalue weighted by atomic mass is 127. The average Bonchev–Trinajstić information content (AvgIpc) is 3.14. The van der Waals surface area contributed by atoms with Crippen LogP contribution in [-0.4, -0.2) is 45.2 Å². The van der Waals surface area contributed by atoms with Gasteiger partial charge in [-0.1, -0.05) is 18.2 Å². The lowest BCUT2D eigenvalue weighted by molar-refractivity contribution is 0.302. The molecule has 2 rings (SSSR count). The van der Waals surface area contributed by atoms with Crippen molar-refractivity contribution in [3.63, 3.8) is 0 Å². The second kappa shape index (κ2) is 12.2. The number of aryl methyl sites for hydroxylation is 1. The van der Waals surface area contributed by atoms with E-state index >= 15 is 0 Å². The van der Waals surface area contributed by atoms with Gasteiger partial charge in [0.15, 0.2) is 5.96 Å². The van der Waals surface area contributed by atoms with Gasteiger partial charge in [0, 0.05) is 23.5 Å². The van der Waals surface area contributed by atoms with Crippen molar-refractivity contribution in [1.82, 2.24) is 15.5 Å². The summed E-state index contributed by atoms with van der Waals surface area (Å²) in [6, 6.07) is 10.8. The number of hydrogen-bond donors (Lipinski definition) is 2. The minimum absolute atomic E-state index is 0. The Labute approximate surface area is 184 Å². The van der Waals surface area contributed by atoms with Crippen LogP contribution in [0.4, 0.5) is 0 Å². The molecule has 0 fully saturated rings. The minimum Gasteiger partial charge on any atom is -0.496 e. The lowest BCUT2D eigenvalue weighted by atomic mass is 10.1. The van der Waals surface area contributed by atoms with Crippen LogP contribution in [0.2, 0.25) is 0 Å². The molecule has 0 saturated carbocycles. The summed E-state index contributed by atoms with van der Waals surface area (Å²) >= 11 is 1.78. The van der Waals surface area contributed by atoms with Crippen molar-refractivity contribution < 1.29 is 4.74 Å². The van der Waals surface area contributed by atoms with Gasteiger partial charge in [-0.05, 0) is 51.0 Å². The lowest BCUT2D eigenvalue weighted by Gasteiger charge is -2.24. The van der Waals surface area contributed by atoms with Crippen molar-refractivity contribution in [2.75, 3.05) is 34.3 Å². The molecule has 5 nitrogen and oxygen atoms in total. The van der Waals surface area contributed by atoms with Gasteiger partial charge in [-0.15, -0.1) is 35.3 Å². The molecule has 0 spiro atoms. The molecule has 0 saturated heterocycles. The van der Waals surface area contributed by atoms with Crippen molar-refractivity contribution in [2.24, 2.45) is 4.99 Å². The fourth-order valence-electron chi connectivity index (χ4n) is 2.70. The predicted octanol–water partition coefficient (Wildman–Crippen LogP) is 4.04. The van der Waals surface area contributed by atoms with Crippen LogP contribution in [0.15, 0.2) is 40.7 Å². The Kier molecular flexibility index (Phi) is 10.7. The van der Waals surface area contributed by atoms with Crippen molar-refractivity contribution in [3.8, 4) is 5.75 Å². The summed E-state index contributed by atoms with van der Waals surface area (Å²) < 4.78 is 5.48. The van der Waals surface area contributed by atoms with E-state index < -0.39 is 0 Å². The molecular formula is C20H31IN4OS. The van der Waals surface area contributed by atoms with Crippen molar-refractivity contribution >= 4 is 41.3 Å². The number of hydrogen-bond acceptors (Lipinski definition) is 4. The molecule has 150 valence electrons. The fraction of sp³-hybridized carbons (Fsp3) is 0.450. The van der Waals surface area contributed by atoms with E-state index in [0.717, 1.165) is 30.4 Å². The third-order valence-electron chi connectivity index (χ3n) is 4.15. The summed E-state index contributed by atoms with van der Waals surface area (Å²) in [5.74, 6) is 1.70. The fourth-order valence-corrected chi connectivity index (χ4v) is 3.62. The molecule has 27 heavy (non-hydrogen) atoms. The highest BCUT2D eigenvalue weighted by molar-refractivity contribution is 14.0. The summed E-state index contributed by atoms with van der Waals surface area (Å²) in [6.45, 7) is 6.33. The van der Waals surface area contributed by atoms with Gasteiger partial charge in [-0.25, -0.2) is 4.99 Å². The number of halogens is 1. The Morgan fingerprint density at radius 3 is 2.63 bits per heavy atom. The van der Waals surface area contributed by atoms with Crippen molar-refractivity contribution in [3.05, 3.63) is 51.7 Å². The Hall–Kier alpha value is -1.32. The normalized spacial score (nSPS) is 12.4. The largest absolute Gasteiger partial charge is 0.496 e. The number of nitrogens with zero attached hydrogens (tertiary/aromatic N) is 2. The SMILES string of the molecule is CCNC(=NCc1ccc(C)cc1OC)NCC(c1cccs1)N(C)C.I. The number of thiophene rings is 1. The van der Waals surface area contributed by atoms with Crippen LogP contribution in [0.1, 0.15) is 29.0 Å². The molecule has 0 aliphatic rings. The first-order valence-electron chi connectivity index (χ1n) is 8.90. The topological polar surface area (TPSA) is 48.9 Å². The first kappa shape index (κ1) is 23.7. The van der Waals surface area contributed by atoms with Crippen LogP contribution >= 0.6 is 35.3 Å². The molecule has 1 aromatic carbocycles. The zero-order valence-corrected chi connectivity index (χ0v) is 19.9. The Balaban J connectivity index is 0.00000364. The molecule has 0 aliphatic heterocycles. The van der Waals surface area contributed by atoms with Crippen LogP contribution in [0.3, 0.4) is 0 Å². The van der Waals surface area contributed by atoms with Crippen molar-refractivity contribution in [2.45, 2.75) is 26.4 Å². The highest BCUT2D eigenvalue weighted by Crippen LogP contribution is 2.22. The molecule has 7 heteroatoms. The van der Waals surface area contributed by atoms with Crippen LogP contribution in [0, 0.1) is 6.92 Å². The van der Waals surface area contributed by atoms with Gasteiger partial charge in [0.05, 0.1) is 19.7 Å². The smallest absolute Gasteiger partial charge is 0.191 e. The van der Waals surface area contributed by atoms with Crippen LogP contribution in [0.5, 0.6) is 5.75 Å². The van der Waals surface area contributed by atoms with Gasteiger partial charge >= 0.3 is 0 Å². The average molecular weight is 502 g/mol. The quantitative estimate of drug-likeness (QED) is 0.325. The maximum absolute atomic E-state index is 5.48. The molecule has 0 aliphatic carbocycles. The number of likely N-dealkylation sites (N-methyl/N-ethyl adjacent to an activating group) is 1. The van der Waals surface area contributed by atoms with E-state index in [4.69, 9.17) is 9.73 Å². The van der Waals surface area contributed by atoms with E-state index in [1.54, 1.807) is 18.4 Å². The monoisotopic (exact) mass is 502 g/mol. The molecule has 2 N–H and O–H groups in total. The third kappa shape index (κ3) is 7.31. The summed E-state index contributed by atoms with van der Waals surface area (Å²) in [7, 11) is 5.91. The molecule has 0 amide bonds. The zero-order valence-electron chi connectivity index (χ0n) is 16.8. The number of guanidine groups is 1. The van der Waals surface area contributed by atoms with Gasteiger partial charge < -0.3 is 20.3 Å². The number of methoxy groups -OCH3 is 1. The number of benzene rings is 1. The molecule has 2 aromatic rings. The molecule has 0 bridgehead atoms. The molecule has 1 heterocycles. The van der Waals surface area contributed by atoms with Gasteiger partial charge in [0.2, 0.25) is 0 Å². The first-order valence-corrected chi connectivity index (χ1v) is 9.78. The summed E-state index contributed by atoms with van der Waals surface area (Å²) in [6.07, 6.45) is 0. The summed E-state index contributed by atoms with van der Waals surface area (Å²) in [5, 5.41) is 8.92. The van der Waals surface area contributed by atoms with Gasteiger partial charge in [0.1, 0.15) is 5.75 Å². The predicted molar refractivity (Wildman–Crippen MR) is 127 cm³/mol. The summed E-state index contributed by atoms with van der Waals surface area (Å²) in [5.41, 5.74) is 2.27. The van der Waals surface area contributed by atoms with E-state index in [-0.39, 0.29) is 24.0 Å². The number of ether oxygens (including phenoxy) is 1. The first-order chi connectivity index (χ1) is 12.5. The van der Waals surface area contributed by atoms with Gasteiger partial charge in [-0.3, -0.25) is 0 Å². The second-order valence-electron chi connectivity index (χ2n) is 6.39. The van der Waals surface area contributed by atoms with Gasteiger partial charge in [-0.2, -0.15) is 0 Å². The van der Waals surface area contributed by atoms with Crippen LogP contribution < -0.4 is 15.4 Å². The number of aliphatic imine (C=N–C) groups is 1. The molecule has 1 aromatic heterocycles. The standard InChI is InChI=1S/C20H30N4OS.HI/c1-6-21-20(22-13-16-10-9-15(2)12-18(16)25-5)23-14-17(24(3)4)19-8-7-11-26-19;/h7-12,17H,6,13-14H2,1-5H3,(H2,21,22,23);1H. The van der Waals surface area contributed by atoms with E-state index in [9.17, 15) is 0 Å². The molecule has 0 radical (unpaired) electrons. The van der Waals surface area contributed by atoms with E-state index in [2.05, 4.69) is 73.1 Å². The molecular weight excluding hydrogens is 471 g/mol. The summed E-state index contributed by atoms with van der Waals surface area (Å²) in [4.78, 5) is 8.31. The number of rotatable bonds is 8. The third-order valence-corrected chi connectivity index (χ3v) is 5.13. The van der Waals surface area contributed by atoms with E-state index in [0.29, 0.717) is 12.6 Å². The van der Waals surface area contributed by atoms with E-state index in [1.807, 2.05) is 6.07 Å². The maximum atomic E-state index is 5.48. The minimum atomic E-state index is 0. The van der Waals surface area contributed by atoms with Crippen LogP contribution in [-0.2, 0) is 6.54 Å². The second-order valence-corrected chi connectivity index (χ2v) is 7.37. The highest BCUT2D eigenvalue weighted by Gasteiger charge is 2.15. The Morgan fingerprint density at radius 2 is 2.04 bits per heavy atom. The maximum Gasteiger partial charge on any atom is 0.191 e. The molecule has 1 atom stereocenters. The Bertz CT molecular complexity index is 704. The molecule has 1 unspecified atom stereocenters. The zero-order chi connectivity index (χ0) is 18.9. The Morgan fingerprint density at radius 1 is 1.26 bits per heavy atom. The van der Waals surface area contributed by atoms with E-state index in [1.165, 1.54) is 10.4 Å². The lowest BCUT2D eigenvalue weighted by Crippen LogP contribution is -2.41. The van der Waals surface area contributed by atoms with Crippen LogP contribution in [0.25, 0.3) is 0 Å². The van der Waals surface area contributed by atoms with Gasteiger partial charge in [0.25, 0.3) is 0 Å².